The number of nitrogens with zero attached hydrogens (tertiary/aromatic N) is 2. The van der Waals surface area contributed by atoms with E-state index in [-0.39, 0.29) is 0 Å². The van der Waals surface area contributed by atoms with Crippen molar-refractivity contribution in [1.82, 2.24) is 10.3 Å². The molecule has 0 fully saturated rings. The number of nitrogens with one attached hydrogen (secondary N) is 1. The molecular weight excluding hydrogens is 434 g/mol. The Morgan fingerprint density at radius 1 is 1.48 bits per heavy atom. The van der Waals surface area contributed by atoms with Crippen LogP contribution in [0.1, 0.15) is 25.8 Å². The van der Waals surface area contributed by atoms with Crippen molar-refractivity contribution in [2.45, 2.75) is 25.8 Å². The van der Waals surface area contributed by atoms with Crippen molar-refractivity contribution >= 4 is 68.0 Å². The maximum Gasteiger partial charge on any atom is 0.134 e. The van der Waals surface area contributed by atoms with Gasteiger partial charge >= 0.3 is 0 Å². The summed E-state index contributed by atoms with van der Waals surface area (Å²) >= 11 is 15.8. The number of halogens is 1. The third-order valence-corrected chi connectivity index (χ3v) is 5.59. The first-order valence-electron chi connectivity index (χ1n) is 8.00. The molecule has 0 radical (unpaired) electrons. The fraction of sp³-hybridized carbons (Fsp3) is 0.389. The number of hydrazone groups is 1. The van der Waals surface area contributed by atoms with Crippen LogP contribution in [-0.4, -0.2) is 40.3 Å². The van der Waals surface area contributed by atoms with Crippen LogP contribution in [0.15, 0.2) is 46.0 Å². The number of thiocarbonyl (C=S) groups is 2. The molecule has 1 unspecified atom stereocenters. The Morgan fingerprint density at radius 2 is 2.20 bits per heavy atom. The van der Waals surface area contributed by atoms with Gasteiger partial charge in [0.15, 0.2) is 0 Å². The van der Waals surface area contributed by atoms with Crippen molar-refractivity contribution in [3.05, 3.63) is 46.5 Å². The van der Waals surface area contributed by atoms with Crippen LogP contribution in [0.3, 0.4) is 0 Å². The summed E-state index contributed by atoms with van der Waals surface area (Å²) in [6, 6.07) is 7.96. The van der Waals surface area contributed by atoms with Crippen molar-refractivity contribution in [2.75, 3.05) is 19.3 Å². The Labute approximate surface area is 174 Å². The Hall–Kier alpha value is -0.760. The van der Waals surface area contributed by atoms with Crippen LogP contribution in [0, 0.1) is 0 Å². The highest BCUT2D eigenvalue weighted by Crippen LogP contribution is 2.29. The second-order valence-electron chi connectivity index (χ2n) is 5.37. The quantitative estimate of drug-likeness (QED) is 0.314. The molecule has 0 spiro atoms. The first-order chi connectivity index (χ1) is 11.9. The Morgan fingerprint density at radius 3 is 2.72 bits per heavy atom. The number of benzene rings is 1. The molecule has 0 aliphatic carbocycles. The van der Waals surface area contributed by atoms with Gasteiger partial charge in [0.25, 0.3) is 0 Å². The maximum atomic E-state index is 5.41. The molecule has 0 aliphatic rings. The monoisotopic (exact) mass is 457 g/mol. The lowest BCUT2D eigenvalue weighted by atomic mass is 9.85. The lowest BCUT2D eigenvalue weighted by Gasteiger charge is -2.33. The highest BCUT2D eigenvalue weighted by molar-refractivity contribution is 9.10. The van der Waals surface area contributed by atoms with Gasteiger partial charge in [-0.2, -0.15) is 5.10 Å². The predicted octanol–water partition coefficient (Wildman–Crippen LogP) is 5.16. The van der Waals surface area contributed by atoms with Crippen LogP contribution in [0.2, 0.25) is 0 Å². The van der Waals surface area contributed by atoms with Gasteiger partial charge in [0.1, 0.15) is 9.86 Å². The molecule has 25 heavy (non-hydrogen) atoms. The number of hydrogen-bond donors (Lipinski definition) is 1. The molecule has 7 heteroatoms. The SMILES string of the molecule is C=C(/C=N\N(CC)CCC)C(C=S)(NC(=S)SC)c1cccc(Br)c1. The molecule has 1 aromatic carbocycles. The summed E-state index contributed by atoms with van der Waals surface area (Å²) in [6.45, 7) is 10.2. The predicted molar refractivity (Wildman–Crippen MR) is 124 cm³/mol. The smallest absolute Gasteiger partial charge is 0.134 e. The Bertz CT molecular complexity index is 648. The molecule has 1 atom stereocenters. The average Bonchev–Trinajstić information content (AvgIpc) is 2.62. The molecule has 3 nitrogen and oxygen atoms in total. The molecule has 0 saturated heterocycles. The van der Waals surface area contributed by atoms with E-state index in [1.807, 2.05) is 35.5 Å². The minimum absolute atomic E-state index is 0.650. The zero-order chi connectivity index (χ0) is 18.9. The van der Waals surface area contributed by atoms with Gasteiger partial charge < -0.3 is 5.32 Å². The van der Waals surface area contributed by atoms with Crippen LogP contribution in [-0.2, 0) is 5.54 Å². The van der Waals surface area contributed by atoms with Crippen LogP contribution in [0.5, 0.6) is 0 Å². The number of thioether (sulfide) groups is 1. The normalized spacial score (nSPS) is 13.3. The highest BCUT2D eigenvalue weighted by Gasteiger charge is 2.33. The Kier molecular flexibility index (Phi) is 9.86. The Balaban J connectivity index is 3.29. The van der Waals surface area contributed by atoms with E-state index in [4.69, 9.17) is 24.4 Å². The van der Waals surface area contributed by atoms with Gasteiger partial charge in [0.2, 0.25) is 0 Å². The molecule has 0 bridgehead atoms. The zero-order valence-corrected chi connectivity index (χ0v) is 18.8. The summed E-state index contributed by atoms with van der Waals surface area (Å²) in [5, 5.41) is 11.6. The van der Waals surface area contributed by atoms with E-state index in [0.29, 0.717) is 4.32 Å². The van der Waals surface area contributed by atoms with E-state index in [1.54, 1.807) is 11.6 Å². The molecule has 0 amide bonds. The van der Waals surface area contributed by atoms with Crippen LogP contribution >= 0.6 is 52.1 Å². The summed E-state index contributed by atoms with van der Waals surface area (Å²) in [4.78, 5) is 0. The highest BCUT2D eigenvalue weighted by atomic mass is 79.9. The van der Waals surface area contributed by atoms with E-state index >= 15 is 0 Å². The first kappa shape index (κ1) is 22.3. The van der Waals surface area contributed by atoms with Crippen molar-refractivity contribution in [2.24, 2.45) is 5.10 Å². The average molecular weight is 459 g/mol. The third-order valence-electron chi connectivity index (χ3n) is 3.67. The molecule has 0 heterocycles. The molecule has 1 N–H and O–H groups in total. The van der Waals surface area contributed by atoms with Crippen LogP contribution in [0.25, 0.3) is 0 Å². The summed E-state index contributed by atoms with van der Waals surface area (Å²) in [6.07, 6.45) is 4.75. The second-order valence-corrected chi connectivity index (χ2v) is 8.00. The molecular formula is C18H24BrN3S3. The molecule has 0 aliphatic heterocycles. The lowest BCUT2D eigenvalue weighted by molar-refractivity contribution is 0.306. The molecule has 136 valence electrons. The van der Waals surface area contributed by atoms with Gasteiger partial charge in [0.05, 0.1) is 6.21 Å². The summed E-state index contributed by atoms with van der Waals surface area (Å²) in [5.74, 6) is 0. The van der Waals surface area contributed by atoms with Crippen molar-refractivity contribution in [3.8, 4) is 0 Å². The van der Waals surface area contributed by atoms with Gasteiger partial charge in [-0.25, -0.2) is 0 Å². The third kappa shape index (κ3) is 6.16. The van der Waals surface area contributed by atoms with Gasteiger partial charge in [-0.3, -0.25) is 5.01 Å². The molecule has 0 aromatic heterocycles. The topological polar surface area (TPSA) is 27.6 Å². The number of hydrogen-bond acceptors (Lipinski definition) is 5. The van der Waals surface area contributed by atoms with Gasteiger partial charge in [-0.05, 0) is 42.9 Å². The number of rotatable bonds is 9. The standard InChI is InChI=1S/C18H24BrN3S3/c1-5-10-22(6-2)20-12-14(3)18(13-23,21-17(24)25-4)15-8-7-9-16(19)11-15/h7-9,11-13H,3,5-6,10H2,1-2,4H3,(H,21,24)/b20-12-. The summed E-state index contributed by atoms with van der Waals surface area (Å²) < 4.78 is 1.62. The van der Waals surface area contributed by atoms with E-state index < -0.39 is 5.54 Å². The van der Waals surface area contributed by atoms with Gasteiger partial charge in [-0.1, -0.05) is 66.0 Å². The van der Waals surface area contributed by atoms with Gasteiger partial charge in [-0.15, -0.1) is 11.8 Å². The minimum atomic E-state index is -0.783. The fourth-order valence-electron chi connectivity index (χ4n) is 2.27. The second kappa shape index (κ2) is 11.1. The molecule has 1 rings (SSSR count). The maximum absolute atomic E-state index is 5.41. The van der Waals surface area contributed by atoms with E-state index in [9.17, 15) is 0 Å². The van der Waals surface area contributed by atoms with Crippen molar-refractivity contribution in [3.63, 3.8) is 0 Å². The molecule has 1 aromatic rings. The van der Waals surface area contributed by atoms with Gasteiger partial charge in [0, 0.05) is 22.9 Å². The summed E-state index contributed by atoms with van der Waals surface area (Å²) in [7, 11) is 0. The fourth-order valence-corrected chi connectivity index (χ4v) is 3.44. The van der Waals surface area contributed by atoms with E-state index in [0.717, 1.165) is 35.1 Å². The summed E-state index contributed by atoms with van der Waals surface area (Å²) in [5.41, 5.74) is 0.920. The zero-order valence-electron chi connectivity index (χ0n) is 14.8. The first-order valence-corrected chi connectivity index (χ1v) is 10.9. The van der Waals surface area contributed by atoms with Crippen LogP contribution < -0.4 is 5.32 Å². The minimum Gasteiger partial charge on any atom is -0.353 e. The van der Waals surface area contributed by atoms with E-state index in [2.05, 4.69) is 46.8 Å². The largest absolute Gasteiger partial charge is 0.353 e. The molecule has 0 saturated carbocycles. The van der Waals surface area contributed by atoms with Crippen LogP contribution in [0.4, 0.5) is 0 Å². The van der Waals surface area contributed by atoms with Crippen molar-refractivity contribution < 1.29 is 0 Å². The lowest BCUT2D eigenvalue weighted by Crippen LogP contribution is -2.47. The van der Waals surface area contributed by atoms with E-state index in [1.165, 1.54) is 11.8 Å². The van der Waals surface area contributed by atoms with Crippen molar-refractivity contribution in [1.29, 1.82) is 0 Å².